The van der Waals surface area contributed by atoms with E-state index in [1.54, 1.807) is 0 Å². The van der Waals surface area contributed by atoms with Crippen LogP contribution < -0.4 is 71.9 Å². The first-order valence-corrected chi connectivity index (χ1v) is 0. The monoisotopic (exact) mass is 432 g/mol. The Morgan fingerprint density at radius 2 is 0.500 bits per heavy atom. The minimum atomic E-state index is 0. The third-order valence-electron chi connectivity index (χ3n) is 0. The van der Waals surface area contributed by atoms with Crippen molar-refractivity contribution in [1.29, 1.82) is 0 Å². The van der Waals surface area contributed by atoms with Gasteiger partial charge in [0.2, 0.25) is 0 Å². The molecule has 0 fully saturated rings. The van der Waals surface area contributed by atoms with Gasteiger partial charge in [-0.3, -0.25) is 0 Å². The van der Waals surface area contributed by atoms with Crippen molar-refractivity contribution in [2.75, 3.05) is 0 Å². The normalized spacial score (nSPS) is 0. The zero-order chi connectivity index (χ0) is 0. The Bertz CT molecular complexity index is 3.25. The van der Waals surface area contributed by atoms with E-state index < -0.39 is 0 Å². The summed E-state index contributed by atoms with van der Waals surface area (Å²) in [4.78, 5) is 0. The Morgan fingerprint density at radius 3 is 0.500 bits per heavy atom. The van der Waals surface area contributed by atoms with Crippen molar-refractivity contribution in [3.63, 3.8) is 0 Å². The first kappa shape index (κ1) is 29.3. The molecule has 0 atom stereocenters. The molecule has 0 saturated carbocycles. The van der Waals surface area contributed by atoms with E-state index in [1.807, 2.05) is 0 Å². The van der Waals surface area contributed by atoms with Crippen molar-refractivity contribution in [2.45, 2.75) is 0 Å². The summed E-state index contributed by atoms with van der Waals surface area (Å²) in [5.74, 6) is 0. The SMILES string of the molecule is [I-].[I-].[I-].[V+2]. The Labute approximate surface area is 88.8 Å². The molecular formula is I3V-. The second kappa shape index (κ2) is 17.1. The third kappa shape index (κ3) is 8.84. The van der Waals surface area contributed by atoms with Crippen LogP contribution in [0.2, 0.25) is 0 Å². The summed E-state index contributed by atoms with van der Waals surface area (Å²) < 4.78 is 0. The molecule has 1 radical (unpaired) electrons. The number of hydrogen-bond acceptors (Lipinski definition) is 0. The van der Waals surface area contributed by atoms with Crippen molar-refractivity contribution in [3.05, 3.63) is 0 Å². The van der Waals surface area contributed by atoms with Gasteiger partial charge in [0.25, 0.3) is 0 Å². The molecule has 0 spiro atoms. The van der Waals surface area contributed by atoms with Gasteiger partial charge in [-0.05, 0) is 0 Å². The molecule has 0 heterocycles. The van der Waals surface area contributed by atoms with E-state index in [4.69, 9.17) is 0 Å². The molecule has 0 rings (SSSR count). The van der Waals surface area contributed by atoms with Crippen LogP contribution in [0.1, 0.15) is 0 Å². The summed E-state index contributed by atoms with van der Waals surface area (Å²) in [5.41, 5.74) is 0. The van der Waals surface area contributed by atoms with Crippen LogP contribution in [0.15, 0.2) is 0 Å². The van der Waals surface area contributed by atoms with Gasteiger partial charge in [0.05, 0.1) is 0 Å². The molecule has 0 unspecified atom stereocenters. The molecule has 0 aliphatic heterocycles. The summed E-state index contributed by atoms with van der Waals surface area (Å²) in [6.07, 6.45) is 0. The average Bonchev–Trinajstić information content (AvgIpc) is 0. The van der Waals surface area contributed by atoms with Gasteiger partial charge in [0, 0.05) is 0 Å². The smallest absolute Gasteiger partial charge is 1.00 e. The fourth-order valence-corrected chi connectivity index (χ4v) is 0. The van der Waals surface area contributed by atoms with Gasteiger partial charge in [0.15, 0.2) is 0 Å². The van der Waals surface area contributed by atoms with Crippen molar-refractivity contribution in [3.8, 4) is 0 Å². The summed E-state index contributed by atoms with van der Waals surface area (Å²) in [5, 5.41) is 0. The van der Waals surface area contributed by atoms with Crippen molar-refractivity contribution in [2.24, 2.45) is 0 Å². The van der Waals surface area contributed by atoms with E-state index in [0.717, 1.165) is 0 Å². The number of halogens is 3. The third-order valence-corrected chi connectivity index (χ3v) is 0. The Balaban J connectivity index is 0. The van der Waals surface area contributed by atoms with Gasteiger partial charge in [-0.25, -0.2) is 0 Å². The van der Waals surface area contributed by atoms with Crippen LogP contribution in [0.25, 0.3) is 0 Å². The molecule has 0 N–H and O–H groups in total. The van der Waals surface area contributed by atoms with E-state index in [0.29, 0.717) is 0 Å². The summed E-state index contributed by atoms with van der Waals surface area (Å²) in [7, 11) is 0. The summed E-state index contributed by atoms with van der Waals surface area (Å²) in [6.45, 7) is 0. The molecule has 0 nitrogen and oxygen atoms in total. The molecule has 0 aliphatic rings. The van der Waals surface area contributed by atoms with E-state index in [-0.39, 0.29) is 90.5 Å². The number of hydrogen-bond donors (Lipinski definition) is 0. The Hall–Kier alpha value is 2.77. The van der Waals surface area contributed by atoms with Crippen LogP contribution in [0.4, 0.5) is 0 Å². The van der Waals surface area contributed by atoms with E-state index in [1.165, 1.54) is 0 Å². The van der Waals surface area contributed by atoms with Gasteiger partial charge in [-0.1, -0.05) is 0 Å². The summed E-state index contributed by atoms with van der Waals surface area (Å²) in [6, 6.07) is 0. The second-order valence-corrected chi connectivity index (χ2v) is 0. The molecule has 4 heteroatoms. The molecule has 0 bridgehead atoms. The zero-order valence-corrected chi connectivity index (χ0v) is 9.45. The van der Waals surface area contributed by atoms with Gasteiger partial charge in [-0.2, -0.15) is 0 Å². The van der Waals surface area contributed by atoms with E-state index >= 15 is 0 Å². The maximum absolute atomic E-state index is 0. The fourth-order valence-electron chi connectivity index (χ4n) is 0. The van der Waals surface area contributed by atoms with Gasteiger partial charge in [-0.15, -0.1) is 0 Å². The Kier molecular flexibility index (Phi) is 125. The maximum Gasteiger partial charge on any atom is 2.00 e. The van der Waals surface area contributed by atoms with Crippen LogP contribution >= 0.6 is 0 Å². The largest absolute Gasteiger partial charge is 2.00 e. The van der Waals surface area contributed by atoms with Crippen molar-refractivity contribution in [1.82, 2.24) is 0 Å². The average molecular weight is 432 g/mol. The molecule has 0 aromatic rings. The van der Waals surface area contributed by atoms with Crippen LogP contribution in [-0.4, -0.2) is 0 Å². The quantitative estimate of drug-likeness (QED) is 0.334. The standard InChI is InChI=1S/3HI.V/h3*1H;/q;;;+2/p-3. The van der Waals surface area contributed by atoms with Crippen LogP contribution in [0.3, 0.4) is 0 Å². The summed E-state index contributed by atoms with van der Waals surface area (Å²) >= 11 is 0. The molecule has 0 aromatic carbocycles. The molecule has 4 heavy (non-hydrogen) atoms. The molecule has 0 aromatic heterocycles. The molecule has 0 amide bonds. The van der Waals surface area contributed by atoms with Gasteiger partial charge in [0.1, 0.15) is 0 Å². The first-order chi connectivity index (χ1) is 0. The molecular weight excluding hydrogens is 432 g/mol. The van der Waals surface area contributed by atoms with Crippen LogP contribution in [0.5, 0.6) is 0 Å². The molecule has 27 valence electrons. The van der Waals surface area contributed by atoms with E-state index in [2.05, 4.69) is 0 Å². The van der Waals surface area contributed by atoms with Gasteiger partial charge >= 0.3 is 18.6 Å². The van der Waals surface area contributed by atoms with Crippen LogP contribution in [-0.2, 0) is 18.6 Å². The Morgan fingerprint density at radius 1 is 0.500 bits per heavy atom. The minimum Gasteiger partial charge on any atom is -1.00 e. The van der Waals surface area contributed by atoms with Crippen LogP contribution in [0, 0.1) is 0 Å². The molecule has 0 aliphatic carbocycles. The predicted molar refractivity (Wildman–Crippen MR) is 0 cm³/mol. The number of rotatable bonds is 0. The molecule has 0 saturated heterocycles. The zero-order valence-electron chi connectivity index (χ0n) is 1.58. The van der Waals surface area contributed by atoms with Gasteiger partial charge < -0.3 is 71.9 Å². The van der Waals surface area contributed by atoms with Crippen molar-refractivity contribution < 1.29 is 90.5 Å². The fraction of sp³-hybridized carbons (Fsp3) is 0. The van der Waals surface area contributed by atoms with E-state index in [9.17, 15) is 0 Å². The first-order valence-electron chi connectivity index (χ1n) is 0. The predicted octanol–water partition coefficient (Wildman–Crippen LogP) is -8.99. The van der Waals surface area contributed by atoms with Crippen molar-refractivity contribution >= 4 is 0 Å². The maximum atomic E-state index is 0. The minimum absolute atomic E-state index is 0. The topological polar surface area (TPSA) is 0 Å². The second-order valence-electron chi connectivity index (χ2n) is 0.